The summed E-state index contributed by atoms with van der Waals surface area (Å²) in [7, 11) is 0. The zero-order chi connectivity index (χ0) is 11.6. The van der Waals surface area contributed by atoms with Gasteiger partial charge < -0.3 is 15.3 Å². The first-order valence-electron chi connectivity index (χ1n) is 4.65. The van der Waals surface area contributed by atoms with Crippen LogP contribution in [0.3, 0.4) is 0 Å². The van der Waals surface area contributed by atoms with E-state index in [4.69, 9.17) is 5.26 Å². The fourth-order valence-corrected chi connectivity index (χ4v) is 1.59. The van der Waals surface area contributed by atoms with Crippen LogP contribution in [-0.4, -0.2) is 33.1 Å². The smallest absolute Gasteiger partial charge is 0.111 e. The van der Waals surface area contributed by atoms with Gasteiger partial charge in [0.15, 0.2) is 0 Å². The molecule has 14 heavy (non-hydrogen) atoms. The van der Waals surface area contributed by atoms with Gasteiger partial charge in [-0.15, -0.1) is 0 Å². The minimum Gasteiger partial charge on any atom is -0.392 e. The van der Waals surface area contributed by atoms with E-state index < -0.39 is 23.2 Å². The second-order valence-electron chi connectivity index (χ2n) is 4.49. The lowest BCUT2D eigenvalue weighted by Crippen LogP contribution is -2.46. The number of nitriles is 1. The maximum atomic E-state index is 9.61. The molecule has 0 radical (unpaired) electrons. The monoisotopic (exact) mass is 201 g/mol. The normalized spacial score (nSPS) is 20.7. The summed E-state index contributed by atoms with van der Waals surface area (Å²) in [5.74, 6) is 0. The molecule has 0 amide bonds. The average molecular weight is 201 g/mol. The molecular formula is C10H19NO3. The summed E-state index contributed by atoms with van der Waals surface area (Å²) in [5.41, 5.74) is -2.40. The molecule has 0 saturated heterocycles. The van der Waals surface area contributed by atoms with Crippen molar-refractivity contribution in [3.63, 3.8) is 0 Å². The van der Waals surface area contributed by atoms with Gasteiger partial charge >= 0.3 is 0 Å². The van der Waals surface area contributed by atoms with Crippen LogP contribution >= 0.6 is 0 Å². The Labute approximate surface area is 84.8 Å². The lowest BCUT2D eigenvalue weighted by atomic mass is 9.72. The molecule has 0 aromatic carbocycles. The quantitative estimate of drug-likeness (QED) is 0.615. The number of nitrogens with zero attached hydrogens (tertiary/aromatic N) is 1. The highest BCUT2D eigenvalue weighted by Crippen LogP contribution is 2.35. The molecule has 3 N–H and O–H groups in total. The van der Waals surface area contributed by atoms with Crippen LogP contribution in [0.25, 0.3) is 0 Å². The maximum absolute atomic E-state index is 9.61. The Balaban J connectivity index is 5.00. The number of hydrogen-bond acceptors (Lipinski definition) is 4. The molecule has 0 aliphatic rings. The predicted molar refractivity (Wildman–Crippen MR) is 52.3 cm³/mol. The first-order chi connectivity index (χ1) is 6.15. The highest BCUT2D eigenvalue weighted by molar-refractivity contribution is 5.08. The molecule has 0 aliphatic carbocycles. The number of rotatable bonds is 4. The molecule has 0 spiro atoms. The zero-order valence-corrected chi connectivity index (χ0v) is 9.15. The SMILES string of the molecule is CC(O)C(C#N)(CC(C)(C)O)C(C)O. The van der Waals surface area contributed by atoms with Crippen molar-refractivity contribution in [1.29, 1.82) is 5.26 Å². The van der Waals surface area contributed by atoms with Crippen LogP contribution in [-0.2, 0) is 0 Å². The molecule has 0 heterocycles. The van der Waals surface area contributed by atoms with Crippen LogP contribution in [0.4, 0.5) is 0 Å². The predicted octanol–water partition coefficient (Wildman–Crippen LogP) is 0.419. The van der Waals surface area contributed by atoms with E-state index in [-0.39, 0.29) is 6.42 Å². The summed E-state index contributed by atoms with van der Waals surface area (Å²) in [6, 6.07) is 1.91. The average Bonchev–Trinajstić information content (AvgIpc) is 1.97. The molecule has 2 unspecified atom stereocenters. The van der Waals surface area contributed by atoms with Gasteiger partial charge in [0, 0.05) is 0 Å². The van der Waals surface area contributed by atoms with Gasteiger partial charge in [0.25, 0.3) is 0 Å². The highest BCUT2D eigenvalue weighted by Gasteiger charge is 2.44. The van der Waals surface area contributed by atoms with E-state index in [1.807, 2.05) is 6.07 Å². The Morgan fingerprint density at radius 1 is 1.21 bits per heavy atom. The Morgan fingerprint density at radius 3 is 1.64 bits per heavy atom. The third-order valence-electron chi connectivity index (χ3n) is 2.42. The van der Waals surface area contributed by atoms with E-state index in [1.54, 1.807) is 13.8 Å². The van der Waals surface area contributed by atoms with E-state index in [0.29, 0.717) is 0 Å². The number of hydrogen-bond donors (Lipinski definition) is 3. The summed E-state index contributed by atoms with van der Waals surface area (Å²) in [4.78, 5) is 0. The van der Waals surface area contributed by atoms with Crippen molar-refractivity contribution in [1.82, 2.24) is 0 Å². The Morgan fingerprint density at radius 2 is 1.57 bits per heavy atom. The van der Waals surface area contributed by atoms with Crippen molar-refractivity contribution in [3.05, 3.63) is 0 Å². The highest BCUT2D eigenvalue weighted by atomic mass is 16.3. The first kappa shape index (κ1) is 13.4. The van der Waals surface area contributed by atoms with E-state index in [2.05, 4.69) is 0 Å². The summed E-state index contributed by atoms with van der Waals surface area (Å²) >= 11 is 0. The topological polar surface area (TPSA) is 84.5 Å². The molecule has 4 nitrogen and oxygen atoms in total. The molecule has 0 saturated carbocycles. The van der Waals surface area contributed by atoms with Gasteiger partial charge in [0.1, 0.15) is 5.41 Å². The Bertz CT molecular complexity index is 215. The van der Waals surface area contributed by atoms with Crippen LogP contribution in [0.5, 0.6) is 0 Å². The van der Waals surface area contributed by atoms with Crippen molar-refractivity contribution in [2.45, 2.75) is 51.9 Å². The molecule has 0 aromatic rings. The van der Waals surface area contributed by atoms with Crippen LogP contribution in [0, 0.1) is 16.7 Å². The summed E-state index contributed by atoms with van der Waals surface area (Å²) < 4.78 is 0. The van der Waals surface area contributed by atoms with Crippen molar-refractivity contribution >= 4 is 0 Å². The largest absolute Gasteiger partial charge is 0.392 e. The second-order valence-corrected chi connectivity index (χ2v) is 4.49. The van der Waals surface area contributed by atoms with Crippen LogP contribution in [0.15, 0.2) is 0 Å². The fourth-order valence-electron chi connectivity index (χ4n) is 1.59. The van der Waals surface area contributed by atoms with E-state index in [0.717, 1.165) is 0 Å². The van der Waals surface area contributed by atoms with E-state index in [1.165, 1.54) is 13.8 Å². The number of aliphatic hydroxyl groups excluding tert-OH is 2. The molecule has 0 rings (SSSR count). The van der Waals surface area contributed by atoms with Gasteiger partial charge in [-0.1, -0.05) is 0 Å². The van der Waals surface area contributed by atoms with Gasteiger partial charge in [-0.25, -0.2) is 0 Å². The van der Waals surface area contributed by atoms with Crippen LogP contribution < -0.4 is 0 Å². The van der Waals surface area contributed by atoms with Gasteiger partial charge in [-0.05, 0) is 34.1 Å². The molecular weight excluding hydrogens is 182 g/mol. The Hall–Kier alpha value is -0.630. The number of aliphatic hydroxyl groups is 3. The minimum atomic E-state index is -1.31. The molecule has 0 aromatic heterocycles. The second kappa shape index (κ2) is 4.26. The lowest BCUT2D eigenvalue weighted by Gasteiger charge is -2.36. The maximum Gasteiger partial charge on any atom is 0.111 e. The van der Waals surface area contributed by atoms with E-state index >= 15 is 0 Å². The van der Waals surface area contributed by atoms with Gasteiger partial charge in [0.2, 0.25) is 0 Å². The van der Waals surface area contributed by atoms with Gasteiger partial charge in [0.05, 0.1) is 23.9 Å². The minimum absolute atomic E-state index is 0.0336. The molecule has 4 heteroatoms. The van der Waals surface area contributed by atoms with E-state index in [9.17, 15) is 15.3 Å². The summed E-state index contributed by atoms with van der Waals surface area (Å²) in [6.45, 7) is 5.98. The zero-order valence-electron chi connectivity index (χ0n) is 9.15. The molecule has 0 bridgehead atoms. The molecule has 2 atom stereocenters. The van der Waals surface area contributed by atoms with Crippen molar-refractivity contribution in [3.8, 4) is 6.07 Å². The van der Waals surface area contributed by atoms with Crippen molar-refractivity contribution in [2.24, 2.45) is 5.41 Å². The van der Waals surface area contributed by atoms with Crippen LogP contribution in [0.2, 0.25) is 0 Å². The Kier molecular flexibility index (Phi) is 4.07. The summed E-state index contributed by atoms with van der Waals surface area (Å²) in [5, 5.41) is 37.6. The molecule has 82 valence electrons. The third-order valence-corrected chi connectivity index (χ3v) is 2.42. The molecule has 0 fully saturated rings. The fraction of sp³-hybridized carbons (Fsp3) is 0.900. The van der Waals surface area contributed by atoms with Crippen LogP contribution in [0.1, 0.15) is 34.1 Å². The first-order valence-corrected chi connectivity index (χ1v) is 4.65. The van der Waals surface area contributed by atoms with Gasteiger partial charge in [-0.3, -0.25) is 0 Å². The summed E-state index contributed by atoms with van der Waals surface area (Å²) in [6.07, 6.45) is -1.94. The van der Waals surface area contributed by atoms with Gasteiger partial charge in [-0.2, -0.15) is 5.26 Å². The van der Waals surface area contributed by atoms with Crippen molar-refractivity contribution < 1.29 is 15.3 Å². The standard InChI is InChI=1S/C10H19NO3/c1-7(12)10(6-11,8(2)13)5-9(3,4)14/h7-8,12-14H,5H2,1-4H3. The third kappa shape index (κ3) is 2.95. The molecule has 0 aliphatic heterocycles. The van der Waals surface area contributed by atoms with Crippen molar-refractivity contribution in [2.75, 3.05) is 0 Å². The lowest BCUT2D eigenvalue weighted by molar-refractivity contribution is -0.0672.